The van der Waals surface area contributed by atoms with E-state index in [1.54, 1.807) is 11.3 Å². The molecule has 0 bridgehead atoms. The van der Waals surface area contributed by atoms with E-state index in [1.807, 2.05) is 19.1 Å². The Morgan fingerprint density at radius 1 is 1.17 bits per heavy atom. The lowest BCUT2D eigenvalue weighted by molar-refractivity contribution is 0.368. The number of furan rings is 1. The molecule has 0 N–H and O–H groups in total. The van der Waals surface area contributed by atoms with E-state index >= 15 is 0 Å². The molecule has 120 valence electrons. The maximum Gasteiger partial charge on any atom is 0.673 e. The van der Waals surface area contributed by atoms with Gasteiger partial charge in [0.15, 0.2) is 6.08 Å². The van der Waals surface area contributed by atoms with E-state index < -0.39 is 7.25 Å². The third kappa shape index (κ3) is 5.55. The lowest BCUT2D eigenvalue weighted by Crippen LogP contribution is -2.02. The molecule has 0 radical (unpaired) electrons. The molecule has 2 aromatic rings. The van der Waals surface area contributed by atoms with Crippen LogP contribution in [0.3, 0.4) is 0 Å². The SMILES string of the molecule is Cc1ccc(-c2ccsc2C2=CC=CC[C+]=C2)o1.F[B-](F)(F)F. The number of halogens is 4. The summed E-state index contributed by atoms with van der Waals surface area (Å²) in [7, 11) is -6.00. The van der Waals surface area contributed by atoms with Crippen LogP contribution in [0.4, 0.5) is 17.3 Å². The molecule has 0 saturated heterocycles. The Labute approximate surface area is 135 Å². The summed E-state index contributed by atoms with van der Waals surface area (Å²) in [6, 6.07) is 6.14. The van der Waals surface area contributed by atoms with Gasteiger partial charge >= 0.3 is 7.25 Å². The highest BCUT2D eigenvalue weighted by atomic mass is 32.1. The van der Waals surface area contributed by atoms with Gasteiger partial charge in [0.1, 0.15) is 28.4 Å². The third-order valence-corrected chi connectivity index (χ3v) is 3.80. The second-order valence-corrected chi connectivity index (χ2v) is 5.59. The number of aryl methyl sites for hydroxylation is 1. The van der Waals surface area contributed by atoms with Crippen molar-refractivity contribution in [3.8, 4) is 11.3 Å². The van der Waals surface area contributed by atoms with Crippen molar-refractivity contribution in [2.45, 2.75) is 13.3 Å². The average molecular weight is 340 g/mol. The quantitative estimate of drug-likeness (QED) is 0.354. The second-order valence-electron chi connectivity index (χ2n) is 4.67. The zero-order valence-corrected chi connectivity index (χ0v) is 13.0. The van der Waals surface area contributed by atoms with Gasteiger partial charge in [0.05, 0.1) is 11.6 Å². The number of thiophene rings is 1. The van der Waals surface area contributed by atoms with Crippen LogP contribution in [0, 0.1) is 13.0 Å². The lowest BCUT2D eigenvalue weighted by atomic mass is 10.1. The van der Waals surface area contributed by atoms with Crippen molar-refractivity contribution in [3.05, 3.63) is 64.6 Å². The van der Waals surface area contributed by atoms with Crippen LogP contribution in [0.2, 0.25) is 0 Å². The molecule has 23 heavy (non-hydrogen) atoms. The summed E-state index contributed by atoms with van der Waals surface area (Å²) in [5.74, 6) is 1.88. The molecule has 1 nitrogen and oxygen atoms in total. The van der Waals surface area contributed by atoms with Crippen molar-refractivity contribution >= 4 is 24.2 Å². The van der Waals surface area contributed by atoms with Crippen LogP contribution in [-0.4, -0.2) is 7.25 Å². The third-order valence-electron chi connectivity index (χ3n) is 2.84. The Hall–Kier alpha value is -2.11. The van der Waals surface area contributed by atoms with E-state index in [2.05, 4.69) is 41.8 Å². The minimum atomic E-state index is -6.00. The number of rotatable bonds is 2. The van der Waals surface area contributed by atoms with Gasteiger partial charge in [-0.15, -0.1) is 11.3 Å². The largest absolute Gasteiger partial charge is 0.673 e. The Bertz CT molecular complexity index is 731. The van der Waals surface area contributed by atoms with Crippen LogP contribution in [0.25, 0.3) is 16.9 Å². The highest BCUT2D eigenvalue weighted by molar-refractivity contribution is 7.11. The minimum absolute atomic E-state index is 0.876. The Kier molecular flexibility index (Phi) is 5.58. The summed E-state index contributed by atoms with van der Waals surface area (Å²) in [4.78, 5) is 1.24. The molecule has 0 aliphatic heterocycles. The molecule has 0 spiro atoms. The first-order valence-corrected chi connectivity index (χ1v) is 7.68. The van der Waals surface area contributed by atoms with Crippen molar-refractivity contribution in [3.63, 3.8) is 0 Å². The Balaban J connectivity index is 0.000000338. The van der Waals surface area contributed by atoms with E-state index in [1.165, 1.54) is 10.5 Å². The molecule has 0 unspecified atom stereocenters. The van der Waals surface area contributed by atoms with E-state index in [9.17, 15) is 17.3 Å². The molecule has 0 atom stereocenters. The number of hydrogen-bond donors (Lipinski definition) is 0. The van der Waals surface area contributed by atoms with Crippen LogP contribution >= 0.6 is 11.3 Å². The van der Waals surface area contributed by atoms with Gasteiger partial charge in [0.25, 0.3) is 0 Å². The molecular weight excluding hydrogens is 327 g/mol. The van der Waals surface area contributed by atoms with Gasteiger partial charge in [-0.3, -0.25) is 0 Å². The van der Waals surface area contributed by atoms with Crippen molar-refractivity contribution < 1.29 is 21.7 Å². The zero-order chi connectivity index (χ0) is 16.9. The van der Waals surface area contributed by atoms with Crippen molar-refractivity contribution in [2.75, 3.05) is 0 Å². The molecule has 0 aromatic carbocycles. The van der Waals surface area contributed by atoms with E-state index in [0.29, 0.717) is 0 Å². The molecule has 0 fully saturated rings. The van der Waals surface area contributed by atoms with Gasteiger partial charge in [0, 0.05) is 6.08 Å². The second kappa shape index (κ2) is 7.44. The first-order valence-electron chi connectivity index (χ1n) is 6.80. The summed E-state index contributed by atoms with van der Waals surface area (Å²) in [6.07, 6.45) is 12.5. The van der Waals surface area contributed by atoms with Crippen LogP contribution < -0.4 is 0 Å². The van der Waals surface area contributed by atoms with Gasteiger partial charge in [-0.2, -0.15) is 0 Å². The first-order chi connectivity index (χ1) is 10.8. The van der Waals surface area contributed by atoms with E-state index in [-0.39, 0.29) is 0 Å². The fourth-order valence-electron chi connectivity index (χ4n) is 1.97. The normalized spacial score (nSPS) is 13.7. The molecule has 1 aliphatic carbocycles. The minimum Gasteiger partial charge on any atom is -0.461 e. The van der Waals surface area contributed by atoms with E-state index in [0.717, 1.165) is 23.5 Å². The molecule has 0 amide bonds. The Morgan fingerprint density at radius 2 is 1.91 bits per heavy atom. The van der Waals surface area contributed by atoms with E-state index in [4.69, 9.17) is 4.42 Å². The molecule has 3 rings (SSSR count). The summed E-state index contributed by atoms with van der Waals surface area (Å²) in [6.45, 7) is 1.97. The Morgan fingerprint density at radius 3 is 2.57 bits per heavy atom. The van der Waals surface area contributed by atoms with Crippen LogP contribution in [-0.2, 0) is 0 Å². The topological polar surface area (TPSA) is 13.1 Å². The summed E-state index contributed by atoms with van der Waals surface area (Å²) >= 11 is 1.74. The summed E-state index contributed by atoms with van der Waals surface area (Å²) < 4.78 is 44.7. The molecule has 1 aliphatic rings. The van der Waals surface area contributed by atoms with Crippen LogP contribution in [0.5, 0.6) is 0 Å². The monoisotopic (exact) mass is 340 g/mol. The standard InChI is InChI=1S/C16H13OS.BF4/c1-12-8-9-15(17-12)14-10-11-18-16(14)13-6-4-2-3-5-7-13;2-1(3,4)5/h2,4,6-11H,3H2,1H3;/q+1;-1. The highest BCUT2D eigenvalue weighted by Gasteiger charge is 2.20. The summed E-state index contributed by atoms with van der Waals surface area (Å²) in [5, 5.41) is 2.10. The summed E-state index contributed by atoms with van der Waals surface area (Å²) in [5.41, 5.74) is 2.36. The highest BCUT2D eigenvalue weighted by Crippen LogP contribution is 2.35. The average Bonchev–Trinajstić information content (AvgIpc) is 2.99. The van der Waals surface area contributed by atoms with Gasteiger partial charge < -0.3 is 21.7 Å². The van der Waals surface area contributed by atoms with Gasteiger partial charge in [-0.05, 0) is 36.6 Å². The predicted molar refractivity (Wildman–Crippen MR) is 86.5 cm³/mol. The maximum atomic E-state index is 9.75. The fourth-order valence-corrected chi connectivity index (χ4v) is 2.87. The lowest BCUT2D eigenvalue weighted by Gasteiger charge is -1.95. The smallest absolute Gasteiger partial charge is 0.461 e. The van der Waals surface area contributed by atoms with Crippen molar-refractivity contribution in [2.24, 2.45) is 0 Å². The number of allylic oxidation sites excluding steroid dienone is 6. The van der Waals surface area contributed by atoms with Crippen LogP contribution in [0.15, 0.2) is 52.3 Å². The molecule has 7 heteroatoms. The zero-order valence-electron chi connectivity index (χ0n) is 12.2. The van der Waals surface area contributed by atoms with Gasteiger partial charge in [-0.25, -0.2) is 0 Å². The van der Waals surface area contributed by atoms with Crippen molar-refractivity contribution in [1.29, 1.82) is 0 Å². The molecular formula is C16H13BF4OS. The molecule has 0 saturated carbocycles. The van der Waals surface area contributed by atoms with Gasteiger partial charge in [0.2, 0.25) is 0 Å². The first kappa shape index (κ1) is 17.3. The predicted octanol–water partition coefficient (Wildman–Crippen LogP) is 6.32. The number of hydrogen-bond acceptors (Lipinski definition) is 2. The fraction of sp³-hybridized carbons (Fsp3) is 0.125. The van der Waals surface area contributed by atoms with Gasteiger partial charge in [-0.1, -0.05) is 6.08 Å². The van der Waals surface area contributed by atoms with Crippen LogP contribution in [0.1, 0.15) is 17.1 Å². The molecule has 2 heterocycles. The molecule has 2 aromatic heterocycles. The maximum absolute atomic E-state index is 9.75. The van der Waals surface area contributed by atoms with Crippen molar-refractivity contribution in [1.82, 2.24) is 0 Å².